The molecule has 0 saturated heterocycles. The van der Waals surface area contributed by atoms with E-state index in [2.05, 4.69) is 6.92 Å². The van der Waals surface area contributed by atoms with Crippen molar-refractivity contribution in [2.45, 2.75) is 84.3 Å². The van der Waals surface area contributed by atoms with E-state index in [4.69, 9.17) is 9.47 Å². The van der Waals surface area contributed by atoms with Crippen LogP contribution in [0.25, 0.3) is 6.08 Å². The maximum absolute atomic E-state index is 13.1. The number of aliphatic carboxylic acids is 1. The van der Waals surface area contributed by atoms with Crippen LogP contribution in [0.5, 0.6) is 17.2 Å². The molecule has 0 aromatic heterocycles. The first-order chi connectivity index (χ1) is 14.1. The molecule has 3 atom stereocenters. The van der Waals surface area contributed by atoms with Crippen molar-refractivity contribution in [3.05, 3.63) is 22.8 Å². The Balaban J connectivity index is 2.27. The highest BCUT2D eigenvalue weighted by molar-refractivity contribution is 6.06. The molecule has 0 unspecified atom stereocenters. The van der Waals surface area contributed by atoms with Crippen LogP contribution in [0.3, 0.4) is 0 Å². The predicted molar refractivity (Wildman–Crippen MR) is 115 cm³/mol. The molecule has 0 bridgehead atoms. The van der Waals surface area contributed by atoms with Gasteiger partial charge in [-0.2, -0.15) is 0 Å². The van der Waals surface area contributed by atoms with Crippen LogP contribution in [0.4, 0.5) is 0 Å². The highest BCUT2D eigenvalue weighted by Gasteiger charge is 2.42. The van der Waals surface area contributed by atoms with Gasteiger partial charge >= 0.3 is 5.97 Å². The zero-order valence-electron chi connectivity index (χ0n) is 18.4. The average molecular weight is 417 g/mol. The van der Waals surface area contributed by atoms with Crippen molar-refractivity contribution in [1.82, 2.24) is 0 Å². The fourth-order valence-electron chi connectivity index (χ4n) is 4.23. The summed E-state index contributed by atoms with van der Waals surface area (Å²) in [5, 5.41) is 20.6. The molecule has 2 heterocycles. The smallest absolute Gasteiger partial charge is 0.303 e. The average Bonchev–Trinajstić information content (AvgIpc) is 2.64. The molecule has 1 aromatic rings. The zero-order chi connectivity index (χ0) is 22.2. The summed E-state index contributed by atoms with van der Waals surface area (Å²) in [6, 6.07) is 0. The predicted octanol–water partition coefficient (Wildman–Crippen LogP) is 5.31. The van der Waals surface area contributed by atoms with Crippen molar-refractivity contribution in [3.8, 4) is 17.2 Å². The number of hydrogen-bond donors (Lipinski definition) is 2. The Labute approximate surface area is 177 Å². The molecule has 30 heavy (non-hydrogen) atoms. The van der Waals surface area contributed by atoms with Crippen molar-refractivity contribution in [2.75, 3.05) is 0 Å². The van der Waals surface area contributed by atoms with E-state index >= 15 is 0 Å². The number of Topliss-reactive ketones (excluding diaryl/α,β-unsaturated/α-hetero) is 1. The van der Waals surface area contributed by atoms with Crippen LogP contribution < -0.4 is 9.47 Å². The Kier molecular flexibility index (Phi) is 6.16. The monoisotopic (exact) mass is 416 g/mol. The number of phenolic OH excluding ortho intramolecular Hbond substituents is 1. The minimum absolute atomic E-state index is 0.0949. The molecule has 6 heteroatoms. The molecule has 2 aliphatic heterocycles. The molecule has 164 valence electrons. The molecule has 1 aromatic carbocycles. The zero-order valence-corrected chi connectivity index (χ0v) is 18.4. The van der Waals surface area contributed by atoms with Crippen LogP contribution in [0.2, 0.25) is 0 Å². The van der Waals surface area contributed by atoms with Crippen molar-refractivity contribution >= 4 is 17.8 Å². The van der Waals surface area contributed by atoms with Crippen LogP contribution in [-0.4, -0.2) is 33.7 Å². The van der Waals surface area contributed by atoms with E-state index in [9.17, 15) is 19.8 Å². The lowest BCUT2D eigenvalue weighted by Crippen LogP contribution is -2.36. The Morgan fingerprint density at radius 3 is 2.57 bits per heavy atom. The summed E-state index contributed by atoms with van der Waals surface area (Å²) in [5.74, 6) is -1.33. The lowest BCUT2D eigenvalue weighted by Gasteiger charge is -2.37. The first-order valence-corrected chi connectivity index (χ1v) is 10.8. The lowest BCUT2D eigenvalue weighted by atomic mass is 9.81. The molecule has 3 rings (SSSR count). The van der Waals surface area contributed by atoms with Gasteiger partial charge in [0.05, 0.1) is 17.9 Å². The van der Waals surface area contributed by atoms with Gasteiger partial charge in [0.15, 0.2) is 5.78 Å². The minimum atomic E-state index is -0.916. The summed E-state index contributed by atoms with van der Waals surface area (Å²) in [6.45, 7) is 9.48. The molecule has 0 spiro atoms. The van der Waals surface area contributed by atoms with Gasteiger partial charge in [0, 0.05) is 11.5 Å². The Morgan fingerprint density at radius 1 is 1.23 bits per heavy atom. The molecule has 2 aliphatic rings. The maximum atomic E-state index is 13.1. The van der Waals surface area contributed by atoms with E-state index < -0.39 is 17.5 Å². The number of ketones is 1. The molecule has 2 N–H and O–H groups in total. The van der Waals surface area contributed by atoms with Gasteiger partial charge in [-0.05, 0) is 39.3 Å². The van der Waals surface area contributed by atoms with E-state index in [-0.39, 0.29) is 41.3 Å². The number of hydrogen-bond acceptors (Lipinski definition) is 5. The molecule has 0 amide bonds. The Hall–Kier alpha value is -2.50. The number of aromatic hydroxyl groups is 1. The maximum Gasteiger partial charge on any atom is 0.303 e. The lowest BCUT2D eigenvalue weighted by molar-refractivity contribution is -0.137. The number of rotatable bonds is 7. The fraction of sp³-hybridized carbons (Fsp3) is 0.583. The van der Waals surface area contributed by atoms with E-state index in [0.29, 0.717) is 23.3 Å². The molecular weight excluding hydrogens is 384 g/mol. The summed E-state index contributed by atoms with van der Waals surface area (Å²) in [7, 11) is 0. The van der Waals surface area contributed by atoms with Crippen molar-refractivity contribution < 1.29 is 29.3 Å². The van der Waals surface area contributed by atoms with Crippen molar-refractivity contribution in [2.24, 2.45) is 5.92 Å². The summed E-state index contributed by atoms with van der Waals surface area (Å²) < 4.78 is 12.4. The van der Waals surface area contributed by atoms with Crippen LogP contribution >= 0.6 is 0 Å². The van der Waals surface area contributed by atoms with Gasteiger partial charge in [0.1, 0.15) is 34.5 Å². The summed E-state index contributed by atoms with van der Waals surface area (Å²) in [5.41, 5.74) is 0.540. The third-order valence-electron chi connectivity index (χ3n) is 6.12. The number of ether oxygens (including phenoxy) is 2. The topological polar surface area (TPSA) is 93.1 Å². The quantitative estimate of drug-likeness (QED) is 0.585. The highest BCUT2D eigenvalue weighted by atomic mass is 16.5. The molecule has 0 radical (unpaired) electrons. The van der Waals surface area contributed by atoms with E-state index in [1.165, 1.54) is 0 Å². The van der Waals surface area contributed by atoms with E-state index in [1.54, 1.807) is 13.0 Å². The number of carboxylic acid groups (broad SMARTS) is 1. The van der Waals surface area contributed by atoms with Crippen molar-refractivity contribution in [1.29, 1.82) is 0 Å². The third-order valence-corrected chi connectivity index (χ3v) is 6.12. The van der Waals surface area contributed by atoms with Gasteiger partial charge in [-0.25, -0.2) is 0 Å². The van der Waals surface area contributed by atoms with Crippen molar-refractivity contribution in [3.63, 3.8) is 0 Å². The SMILES string of the molecule is CCCCC[C@H](CC(=O)O)c1c2c(c(O)c3c1O[C@@H](C)[C@@H](C)C3=O)C=CC(C)(C)O2. The number of phenols is 1. The molecule has 6 nitrogen and oxygen atoms in total. The molecule has 0 saturated carbocycles. The van der Waals surface area contributed by atoms with E-state index in [1.807, 2.05) is 26.8 Å². The summed E-state index contributed by atoms with van der Waals surface area (Å²) >= 11 is 0. The Morgan fingerprint density at radius 2 is 1.93 bits per heavy atom. The molecule has 0 fully saturated rings. The highest BCUT2D eigenvalue weighted by Crippen LogP contribution is 2.53. The van der Waals surface area contributed by atoms with Crippen LogP contribution in [-0.2, 0) is 4.79 Å². The first kappa shape index (κ1) is 22.2. The summed E-state index contributed by atoms with van der Waals surface area (Å²) in [4.78, 5) is 24.8. The normalized spacial score (nSPS) is 22.5. The standard InChI is InChI=1S/C24H32O6/c1-6-7-8-9-15(12-17(25)26)18-22-16(10-11-24(4,5)30-22)21(28)19-20(27)13(2)14(3)29-23(18)19/h10-11,13-15,28H,6-9,12H2,1-5H3,(H,25,26)/t13-,14+,15-/m1/s1. The van der Waals surface area contributed by atoms with Gasteiger partial charge in [-0.15, -0.1) is 0 Å². The van der Waals surface area contributed by atoms with Gasteiger partial charge in [-0.3, -0.25) is 9.59 Å². The molecular formula is C24H32O6. The van der Waals surface area contributed by atoms with Crippen LogP contribution in [0.15, 0.2) is 6.08 Å². The van der Waals surface area contributed by atoms with Gasteiger partial charge in [0.25, 0.3) is 0 Å². The number of unbranched alkanes of at least 4 members (excludes halogenated alkanes) is 2. The van der Waals surface area contributed by atoms with Crippen LogP contribution in [0.1, 0.15) is 94.1 Å². The van der Waals surface area contributed by atoms with Gasteiger partial charge in [0.2, 0.25) is 0 Å². The largest absolute Gasteiger partial charge is 0.506 e. The summed E-state index contributed by atoms with van der Waals surface area (Å²) in [6.07, 6.45) is 6.61. The third kappa shape index (κ3) is 4.05. The number of carbonyl (C=O) groups excluding carboxylic acids is 1. The number of fused-ring (bicyclic) bond motifs is 2. The van der Waals surface area contributed by atoms with E-state index in [0.717, 1.165) is 19.3 Å². The second-order valence-corrected chi connectivity index (χ2v) is 9.01. The number of benzene rings is 1. The van der Waals surface area contributed by atoms with Crippen LogP contribution in [0, 0.1) is 5.92 Å². The Bertz CT molecular complexity index is 882. The van der Waals surface area contributed by atoms with Gasteiger partial charge in [-0.1, -0.05) is 33.1 Å². The first-order valence-electron chi connectivity index (χ1n) is 10.8. The minimum Gasteiger partial charge on any atom is -0.506 e. The second-order valence-electron chi connectivity index (χ2n) is 9.01. The number of carbonyl (C=O) groups is 2. The fourth-order valence-corrected chi connectivity index (χ4v) is 4.23. The van der Waals surface area contributed by atoms with Gasteiger partial charge < -0.3 is 19.7 Å². The second kappa shape index (κ2) is 8.32. The number of carboxylic acids is 1. The molecule has 0 aliphatic carbocycles.